The number of amides is 3. The van der Waals surface area contributed by atoms with Gasteiger partial charge >= 0.3 is 0 Å². The number of hydrogen-bond donors (Lipinski definition) is 3. The molecule has 10 nitrogen and oxygen atoms in total. The summed E-state index contributed by atoms with van der Waals surface area (Å²) in [4.78, 5) is 45.1. The van der Waals surface area contributed by atoms with Gasteiger partial charge in [0.15, 0.2) is 11.5 Å². The average Bonchev–Trinajstić information content (AvgIpc) is 3.14. The van der Waals surface area contributed by atoms with Crippen LogP contribution in [0.4, 0.5) is 11.4 Å². The van der Waals surface area contributed by atoms with E-state index in [1.165, 1.54) is 39.2 Å². The zero-order chi connectivity index (χ0) is 34.6. The third-order valence-electron chi connectivity index (χ3n) is 7.22. The number of thioether (sulfide) groups is 1. The Morgan fingerprint density at radius 2 is 1.29 bits per heavy atom. The normalized spacial score (nSPS) is 11.5. The van der Waals surface area contributed by atoms with E-state index in [-0.39, 0.29) is 11.6 Å². The van der Waals surface area contributed by atoms with E-state index in [1.807, 2.05) is 42.5 Å². The molecule has 0 fully saturated rings. The Morgan fingerprint density at radius 1 is 0.694 bits per heavy atom. The molecule has 3 amide bonds. The first kappa shape index (κ1) is 34.3. The Morgan fingerprint density at radius 3 is 1.92 bits per heavy atom. The Balaban J connectivity index is 1.39. The molecule has 5 aromatic rings. The smallest absolute Gasteiger partial charge is 0.272 e. The summed E-state index contributed by atoms with van der Waals surface area (Å²) in [7, 11) is 4.50. The summed E-state index contributed by atoms with van der Waals surface area (Å²) < 4.78 is 16.4. The van der Waals surface area contributed by atoms with E-state index in [9.17, 15) is 14.4 Å². The number of rotatable bonds is 13. The molecule has 11 heteroatoms. The van der Waals surface area contributed by atoms with E-state index < -0.39 is 17.1 Å². The first-order valence-electron chi connectivity index (χ1n) is 15.1. The Bertz CT molecular complexity index is 1920. The molecule has 0 spiro atoms. The van der Waals surface area contributed by atoms with Crippen LogP contribution in [0.5, 0.6) is 17.2 Å². The van der Waals surface area contributed by atoms with E-state index in [2.05, 4.69) is 20.9 Å². The zero-order valence-corrected chi connectivity index (χ0v) is 27.8. The van der Waals surface area contributed by atoms with Crippen molar-refractivity contribution in [3.63, 3.8) is 0 Å². The van der Waals surface area contributed by atoms with Crippen LogP contribution in [0.25, 0.3) is 6.08 Å². The second kappa shape index (κ2) is 16.7. The molecule has 0 saturated heterocycles. The lowest BCUT2D eigenvalue weighted by Crippen LogP contribution is -2.30. The van der Waals surface area contributed by atoms with Gasteiger partial charge in [0.05, 0.1) is 21.3 Å². The lowest BCUT2D eigenvalue weighted by atomic mass is 10.1. The van der Waals surface area contributed by atoms with Crippen LogP contribution in [-0.4, -0.2) is 44.0 Å². The molecule has 49 heavy (non-hydrogen) atoms. The molecule has 1 heterocycles. The lowest BCUT2D eigenvalue weighted by Gasteiger charge is -2.17. The predicted octanol–water partition coefficient (Wildman–Crippen LogP) is 6.99. The van der Waals surface area contributed by atoms with Crippen LogP contribution in [-0.2, 0) is 9.59 Å². The number of anilines is 2. The first-order chi connectivity index (χ1) is 23.9. The highest BCUT2D eigenvalue weighted by Crippen LogP contribution is 2.37. The number of hydrogen-bond acceptors (Lipinski definition) is 8. The largest absolute Gasteiger partial charge is 0.496 e. The summed E-state index contributed by atoms with van der Waals surface area (Å²) in [5.41, 5.74) is 2.78. The maximum absolute atomic E-state index is 13.7. The fourth-order valence-electron chi connectivity index (χ4n) is 4.76. The van der Waals surface area contributed by atoms with Crippen molar-refractivity contribution in [1.29, 1.82) is 0 Å². The molecule has 5 rings (SSSR count). The van der Waals surface area contributed by atoms with Gasteiger partial charge in [-0.15, -0.1) is 11.8 Å². The second-order valence-electron chi connectivity index (χ2n) is 10.4. The number of ether oxygens (including phenoxy) is 3. The third-order valence-corrected chi connectivity index (χ3v) is 8.49. The number of methoxy groups -OCH3 is 3. The van der Waals surface area contributed by atoms with Gasteiger partial charge in [-0.3, -0.25) is 19.4 Å². The van der Waals surface area contributed by atoms with E-state index >= 15 is 0 Å². The topological polar surface area (TPSA) is 128 Å². The Kier molecular flexibility index (Phi) is 11.7. The number of carbonyl (C=O) groups is 3. The average molecular weight is 675 g/mol. The molecule has 0 aliphatic heterocycles. The summed E-state index contributed by atoms with van der Waals surface area (Å²) in [5, 5.41) is 8.01. The summed E-state index contributed by atoms with van der Waals surface area (Å²) in [6.07, 6.45) is 4.74. The van der Waals surface area contributed by atoms with E-state index in [4.69, 9.17) is 14.2 Å². The van der Waals surface area contributed by atoms with Gasteiger partial charge in [0.2, 0.25) is 5.91 Å². The minimum absolute atomic E-state index is 0.0326. The van der Waals surface area contributed by atoms with Crippen molar-refractivity contribution >= 4 is 46.9 Å². The molecule has 0 bridgehead atoms. The Hall–Kier alpha value is -6.07. The van der Waals surface area contributed by atoms with Gasteiger partial charge in [-0.2, -0.15) is 0 Å². The molecule has 1 unspecified atom stereocenters. The molecular weight excluding hydrogens is 641 g/mol. The number of nitrogens with one attached hydrogen (secondary N) is 3. The van der Waals surface area contributed by atoms with E-state index in [0.717, 1.165) is 10.5 Å². The number of nitrogens with zero attached hydrogens (tertiary/aromatic N) is 1. The fraction of sp³-hybridized carbons (Fsp3) is 0.105. The maximum Gasteiger partial charge on any atom is 0.272 e. The summed E-state index contributed by atoms with van der Waals surface area (Å²) >= 11 is 1.38. The molecular formula is C38H34N4O6S. The van der Waals surface area contributed by atoms with Crippen molar-refractivity contribution in [2.75, 3.05) is 32.0 Å². The molecule has 0 saturated carbocycles. The van der Waals surface area contributed by atoms with Gasteiger partial charge in [-0.1, -0.05) is 48.5 Å². The van der Waals surface area contributed by atoms with E-state index in [1.54, 1.807) is 79.1 Å². The van der Waals surface area contributed by atoms with Crippen LogP contribution in [0.3, 0.4) is 0 Å². The van der Waals surface area contributed by atoms with Crippen molar-refractivity contribution in [3.05, 3.63) is 144 Å². The number of benzene rings is 4. The molecule has 248 valence electrons. The van der Waals surface area contributed by atoms with Crippen LogP contribution in [0.1, 0.15) is 26.7 Å². The zero-order valence-electron chi connectivity index (χ0n) is 27.0. The summed E-state index contributed by atoms with van der Waals surface area (Å²) in [5.74, 6) is 0.0392. The van der Waals surface area contributed by atoms with Gasteiger partial charge in [0.25, 0.3) is 11.8 Å². The minimum atomic E-state index is -0.569. The van der Waals surface area contributed by atoms with Gasteiger partial charge in [0.1, 0.15) is 16.7 Å². The summed E-state index contributed by atoms with van der Waals surface area (Å²) in [6.45, 7) is 0. The van der Waals surface area contributed by atoms with Gasteiger partial charge in [-0.05, 0) is 66.2 Å². The van der Waals surface area contributed by atoms with E-state index in [0.29, 0.717) is 39.8 Å². The highest BCUT2D eigenvalue weighted by atomic mass is 32.2. The molecule has 0 aliphatic carbocycles. The molecule has 1 aromatic heterocycles. The predicted molar refractivity (Wildman–Crippen MR) is 191 cm³/mol. The second-order valence-corrected chi connectivity index (χ2v) is 11.6. The van der Waals surface area contributed by atoms with Crippen molar-refractivity contribution in [2.45, 2.75) is 10.1 Å². The maximum atomic E-state index is 13.7. The van der Waals surface area contributed by atoms with Crippen LogP contribution >= 0.6 is 11.8 Å². The lowest BCUT2D eigenvalue weighted by molar-refractivity contribution is -0.116. The molecule has 3 N–H and O–H groups in total. The monoisotopic (exact) mass is 674 g/mol. The third kappa shape index (κ3) is 9.05. The van der Waals surface area contributed by atoms with Crippen LogP contribution in [0.15, 0.2) is 132 Å². The molecule has 1 atom stereocenters. The highest BCUT2D eigenvalue weighted by molar-refractivity contribution is 8.00. The van der Waals surface area contributed by atoms with Crippen LogP contribution < -0.4 is 30.2 Å². The van der Waals surface area contributed by atoms with Gasteiger partial charge in [-0.25, -0.2) is 0 Å². The van der Waals surface area contributed by atoms with Crippen molar-refractivity contribution in [2.24, 2.45) is 0 Å². The Labute approximate surface area is 288 Å². The standard InChI is InChI=1S/C38H34N4O6S/c1-46-32-24-34(48-3)33(47-2)23-27(32)22-31(42-36(43)26-12-8-5-9-13-26)37(44)40-28-14-16-30(17-15-28)49-35(25-10-6-4-7-11-25)38(45)41-29-18-20-39-21-19-29/h4-24,35H,1-3H3,(H,40,44)(H,42,43)(H,39,41,45)/b31-22-. The van der Waals surface area contributed by atoms with Crippen LogP contribution in [0.2, 0.25) is 0 Å². The SMILES string of the molecule is COc1cc(OC)c(OC)cc1/C=C(\NC(=O)c1ccccc1)C(=O)Nc1ccc(SC(C(=O)Nc2ccncc2)c2ccccc2)cc1. The van der Waals surface area contributed by atoms with Gasteiger partial charge < -0.3 is 30.2 Å². The fourth-order valence-corrected chi connectivity index (χ4v) is 5.78. The molecule has 4 aromatic carbocycles. The number of pyridine rings is 1. The molecule has 0 radical (unpaired) electrons. The van der Waals surface area contributed by atoms with Crippen molar-refractivity contribution in [3.8, 4) is 17.2 Å². The first-order valence-corrected chi connectivity index (χ1v) is 16.0. The number of carbonyl (C=O) groups excluding carboxylic acids is 3. The quantitative estimate of drug-likeness (QED) is 0.0901. The number of aromatic nitrogens is 1. The van der Waals surface area contributed by atoms with Gasteiger partial charge in [0, 0.05) is 45.9 Å². The summed E-state index contributed by atoms with van der Waals surface area (Å²) in [6, 6.07) is 31.9. The minimum Gasteiger partial charge on any atom is -0.496 e. The van der Waals surface area contributed by atoms with Crippen molar-refractivity contribution < 1.29 is 28.6 Å². The highest BCUT2D eigenvalue weighted by Gasteiger charge is 2.23. The van der Waals surface area contributed by atoms with Crippen LogP contribution in [0, 0.1) is 0 Å². The van der Waals surface area contributed by atoms with Crippen molar-refractivity contribution in [1.82, 2.24) is 10.3 Å². The molecule has 0 aliphatic rings.